The molecule has 0 amide bonds. The lowest BCUT2D eigenvalue weighted by Gasteiger charge is -2.23. The summed E-state index contributed by atoms with van der Waals surface area (Å²) in [5, 5.41) is 10.3. The molecular weight excluding hydrogens is 587 g/mol. The number of nitrogens with zero attached hydrogens (tertiary/aromatic N) is 1. The Morgan fingerprint density at radius 2 is 1.16 bits per heavy atom. The number of ether oxygens (including phenoxy) is 3. The molecule has 4 nitrogen and oxygen atoms in total. The van der Waals surface area contributed by atoms with E-state index in [9.17, 15) is 0 Å². The minimum atomic E-state index is -1.66. The molecule has 0 saturated carbocycles. The van der Waals surface area contributed by atoms with E-state index in [0.29, 0.717) is 18.8 Å². The molecule has 0 atom stereocenters. The van der Waals surface area contributed by atoms with Crippen LogP contribution in [0.2, 0.25) is 39.3 Å². The highest BCUT2D eigenvalue weighted by Crippen LogP contribution is 2.27. The lowest BCUT2D eigenvalue weighted by atomic mass is 10.0. The number of nitriles is 1. The fourth-order valence-corrected chi connectivity index (χ4v) is 6.82. The molecule has 0 unspecified atom stereocenters. The van der Waals surface area contributed by atoms with Gasteiger partial charge in [-0.3, -0.25) is 0 Å². The molecule has 0 fully saturated rings. The molecule has 0 radical (unpaired) electrons. The predicted molar refractivity (Wildman–Crippen MR) is 195 cm³/mol. The van der Waals surface area contributed by atoms with E-state index in [-0.39, 0.29) is 0 Å². The SMILES string of the molecule is CCCCCCOc1cc(C#C[Si](C)(C)C)c(OCCCCCCOc2ccc(-c3ccc(C#N)cc3)cc2)cc1[Si](C)(C)C. The van der Waals surface area contributed by atoms with E-state index in [4.69, 9.17) is 19.5 Å². The highest BCUT2D eigenvalue weighted by atomic mass is 28.3. The average molecular weight is 640 g/mol. The summed E-state index contributed by atoms with van der Waals surface area (Å²) in [5.74, 6) is 6.27. The van der Waals surface area contributed by atoms with E-state index in [2.05, 4.69) is 88.0 Å². The zero-order valence-electron chi connectivity index (χ0n) is 28.7. The normalized spacial score (nSPS) is 11.3. The Hall–Kier alpha value is -3.46. The van der Waals surface area contributed by atoms with Crippen LogP contribution in [0.1, 0.15) is 69.4 Å². The van der Waals surface area contributed by atoms with Crippen LogP contribution in [-0.2, 0) is 0 Å². The van der Waals surface area contributed by atoms with Crippen LogP contribution in [0, 0.1) is 22.8 Å². The van der Waals surface area contributed by atoms with Gasteiger partial charge in [0.15, 0.2) is 0 Å². The summed E-state index contributed by atoms with van der Waals surface area (Å²) in [7, 11) is -3.20. The first kappa shape index (κ1) is 36.0. The molecule has 0 N–H and O–H groups in total. The molecule has 0 bridgehead atoms. The molecule has 45 heavy (non-hydrogen) atoms. The van der Waals surface area contributed by atoms with Crippen LogP contribution >= 0.6 is 0 Å². The van der Waals surface area contributed by atoms with Crippen molar-refractivity contribution < 1.29 is 14.2 Å². The fourth-order valence-electron chi connectivity index (χ4n) is 4.86. The van der Waals surface area contributed by atoms with Crippen molar-refractivity contribution in [3.63, 3.8) is 0 Å². The van der Waals surface area contributed by atoms with Crippen LogP contribution in [0.3, 0.4) is 0 Å². The van der Waals surface area contributed by atoms with Gasteiger partial charge in [-0.25, -0.2) is 0 Å². The summed E-state index contributed by atoms with van der Waals surface area (Å²) in [5.41, 5.74) is 7.38. The standard InChI is InChI=1S/C39H53NO3Si2/c1-8-9-10-13-27-43-38-29-35(24-28-44(2,3)4)37(30-39(38)45(5,6)7)42-26-15-12-11-14-25-41-36-22-20-34(21-23-36)33-18-16-32(31-40)17-19-33/h16-23,29-30H,8-15,25-27H2,1-7H3. The van der Waals surface area contributed by atoms with Crippen molar-refractivity contribution in [2.24, 2.45) is 0 Å². The minimum absolute atomic E-state index is 0.672. The number of benzene rings is 3. The highest BCUT2D eigenvalue weighted by molar-refractivity contribution is 6.89. The first-order valence-corrected chi connectivity index (χ1v) is 23.7. The molecule has 3 aromatic rings. The lowest BCUT2D eigenvalue weighted by molar-refractivity contribution is 0.286. The topological polar surface area (TPSA) is 51.5 Å². The van der Waals surface area contributed by atoms with Crippen molar-refractivity contribution in [2.45, 2.75) is 97.6 Å². The van der Waals surface area contributed by atoms with Crippen molar-refractivity contribution in [3.05, 3.63) is 71.8 Å². The molecule has 0 aliphatic carbocycles. The van der Waals surface area contributed by atoms with Gasteiger partial charge in [-0.15, -0.1) is 5.54 Å². The summed E-state index contributed by atoms with van der Waals surface area (Å²) < 4.78 is 18.8. The van der Waals surface area contributed by atoms with Crippen molar-refractivity contribution in [1.82, 2.24) is 0 Å². The summed E-state index contributed by atoms with van der Waals surface area (Å²) >= 11 is 0. The van der Waals surface area contributed by atoms with Gasteiger partial charge in [0, 0.05) is 0 Å². The Bertz CT molecular complexity index is 1430. The Morgan fingerprint density at radius 1 is 0.622 bits per heavy atom. The van der Waals surface area contributed by atoms with Crippen LogP contribution in [-0.4, -0.2) is 36.0 Å². The van der Waals surface area contributed by atoms with Crippen molar-refractivity contribution in [3.8, 4) is 45.9 Å². The van der Waals surface area contributed by atoms with Gasteiger partial charge in [-0.2, -0.15) is 5.26 Å². The Labute approximate surface area is 275 Å². The molecule has 0 aliphatic rings. The molecule has 0 aromatic heterocycles. The molecule has 3 aromatic carbocycles. The Kier molecular flexibility index (Phi) is 14.3. The number of hydrogen-bond acceptors (Lipinski definition) is 4. The first-order chi connectivity index (χ1) is 21.5. The van der Waals surface area contributed by atoms with Gasteiger partial charge in [0.1, 0.15) is 25.3 Å². The summed E-state index contributed by atoms with van der Waals surface area (Å²) in [6, 6.07) is 22.4. The minimum Gasteiger partial charge on any atom is -0.494 e. The molecule has 0 heterocycles. The largest absolute Gasteiger partial charge is 0.494 e. The number of rotatable bonds is 17. The van der Waals surface area contributed by atoms with Gasteiger partial charge in [0.25, 0.3) is 0 Å². The predicted octanol–water partition coefficient (Wildman–Crippen LogP) is 9.98. The average Bonchev–Trinajstić information content (AvgIpc) is 3.01. The van der Waals surface area contributed by atoms with E-state index in [0.717, 1.165) is 72.6 Å². The third-order valence-corrected chi connectivity index (χ3v) is 10.4. The van der Waals surface area contributed by atoms with Gasteiger partial charge in [-0.1, -0.05) is 95.7 Å². The summed E-state index contributed by atoms with van der Waals surface area (Å²) in [4.78, 5) is 0. The second-order valence-corrected chi connectivity index (χ2v) is 23.6. The molecule has 3 rings (SSSR count). The summed E-state index contributed by atoms with van der Waals surface area (Å²) in [6.45, 7) is 18.3. The molecule has 6 heteroatoms. The Balaban J connectivity index is 1.50. The quantitative estimate of drug-likeness (QED) is 0.0838. The van der Waals surface area contributed by atoms with Gasteiger partial charge in [-0.05, 0) is 84.8 Å². The smallest absolute Gasteiger partial charge is 0.135 e. The van der Waals surface area contributed by atoms with Gasteiger partial charge >= 0.3 is 0 Å². The molecule has 0 aliphatic heterocycles. The first-order valence-electron chi connectivity index (χ1n) is 16.7. The van der Waals surface area contributed by atoms with Crippen LogP contribution in [0.4, 0.5) is 0 Å². The molecule has 240 valence electrons. The van der Waals surface area contributed by atoms with E-state index < -0.39 is 16.1 Å². The number of hydrogen-bond donors (Lipinski definition) is 0. The number of unbranched alkanes of at least 4 members (excludes halogenated alkanes) is 6. The maximum absolute atomic E-state index is 9.00. The van der Waals surface area contributed by atoms with Crippen LogP contribution in [0.15, 0.2) is 60.7 Å². The van der Waals surface area contributed by atoms with Crippen LogP contribution in [0.5, 0.6) is 17.2 Å². The third kappa shape index (κ3) is 12.8. The zero-order valence-corrected chi connectivity index (χ0v) is 30.7. The van der Waals surface area contributed by atoms with Crippen LogP contribution < -0.4 is 19.4 Å². The zero-order chi connectivity index (χ0) is 32.7. The van der Waals surface area contributed by atoms with Gasteiger partial charge < -0.3 is 14.2 Å². The van der Waals surface area contributed by atoms with E-state index >= 15 is 0 Å². The Morgan fingerprint density at radius 3 is 1.69 bits per heavy atom. The molecule has 0 spiro atoms. The van der Waals surface area contributed by atoms with Crippen molar-refractivity contribution >= 4 is 21.3 Å². The second-order valence-electron chi connectivity index (χ2n) is 13.8. The molecular formula is C39H53NO3Si2. The maximum atomic E-state index is 9.00. The monoisotopic (exact) mass is 639 g/mol. The summed E-state index contributed by atoms with van der Waals surface area (Å²) in [6.07, 6.45) is 8.98. The van der Waals surface area contributed by atoms with E-state index in [1.165, 1.54) is 24.4 Å². The van der Waals surface area contributed by atoms with Gasteiger partial charge in [0.2, 0.25) is 0 Å². The third-order valence-electron chi connectivity index (χ3n) is 7.48. The van der Waals surface area contributed by atoms with Crippen molar-refractivity contribution in [2.75, 3.05) is 19.8 Å². The van der Waals surface area contributed by atoms with E-state index in [1.54, 1.807) is 0 Å². The second kappa shape index (κ2) is 17.9. The maximum Gasteiger partial charge on any atom is 0.135 e. The fraction of sp³-hybridized carbons (Fsp3) is 0.462. The van der Waals surface area contributed by atoms with E-state index in [1.807, 2.05) is 36.4 Å². The van der Waals surface area contributed by atoms with Crippen molar-refractivity contribution in [1.29, 1.82) is 5.26 Å². The highest BCUT2D eigenvalue weighted by Gasteiger charge is 2.24. The molecule has 0 saturated heterocycles. The lowest BCUT2D eigenvalue weighted by Crippen LogP contribution is -2.39. The van der Waals surface area contributed by atoms with Crippen LogP contribution in [0.25, 0.3) is 11.1 Å². The van der Waals surface area contributed by atoms with Gasteiger partial charge in [0.05, 0.1) is 45.1 Å².